The lowest BCUT2D eigenvalue weighted by atomic mass is 9.81. The summed E-state index contributed by atoms with van der Waals surface area (Å²) in [6.07, 6.45) is 0.822. The van der Waals surface area contributed by atoms with Crippen LogP contribution in [-0.4, -0.2) is 5.78 Å². The average molecular weight is 226 g/mol. The summed E-state index contributed by atoms with van der Waals surface area (Å²) in [6, 6.07) is 3.55. The van der Waals surface area contributed by atoms with Gasteiger partial charge < -0.3 is 4.79 Å². The Kier molecular flexibility index (Phi) is 3.79. The van der Waals surface area contributed by atoms with Crippen LogP contribution in [0.15, 0.2) is 18.2 Å². The molecular weight excluding hydrogens is 210 g/mol. The molecule has 0 saturated carbocycles. The molecule has 1 rings (SSSR count). The number of benzene rings is 1. The van der Waals surface area contributed by atoms with E-state index in [1.54, 1.807) is 0 Å². The predicted octanol–water partition coefficient (Wildman–Crippen LogP) is 3.51. The van der Waals surface area contributed by atoms with Gasteiger partial charge >= 0.3 is 0 Å². The van der Waals surface area contributed by atoms with Crippen LogP contribution in [0.2, 0.25) is 0 Å². The van der Waals surface area contributed by atoms with E-state index in [9.17, 15) is 13.6 Å². The summed E-state index contributed by atoms with van der Waals surface area (Å²) in [5, 5.41) is 0. The molecule has 1 aromatic rings. The second-order valence-corrected chi connectivity index (χ2v) is 4.96. The Morgan fingerprint density at radius 3 is 2.44 bits per heavy atom. The minimum absolute atomic E-state index is 0.0764. The molecule has 16 heavy (non-hydrogen) atoms. The summed E-state index contributed by atoms with van der Waals surface area (Å²) in [6.45, 7) is 5.32. The number of ketones is 1. The first kappa shape index (κ1) is 12.8. The molecule has 88 valence electrons. The van der Waals surface area contributed by atoms with Gasteiger partial charge in [-0.15, -0.1) is 0 Å². The van der Waals surface area contributed by atoms with Crippen LogP contribution in [0, 0.1) is 17.0 Å². The molecular formula is C13H16F2O. The van der Waals surface area contributed by atoms with Crippen molar-refractivity contribution < 1.29 is 13.6 Å². The lowest BCUT2D eigenvalue weighted by Gasteiger charge is -2.23. The second kappa shape index (κ2) is 4.73. The molecule has 0 N–H and O–H groups in total. The van der Waals surface area contributed by atoms with Crippen LogP contribution in [-0.2, 0) is 11.2 Å². The molecule has 0 heterocycles. The molecule has 0 radical (unpaired) electrons. The molecule has 0 unspecified atom stereocenters. The van der Waals surface area contributed by atoms with Gasteiger partial charge in [0.2, 0.25) is 0 Å². The van der Waals surface area contributed by atoms with Crippen molar-refractivity contribution >= 4 is 5.78 Å². The van der Waals surface area contributed by atoms with Crippen molar-refractivity contribution in [1.29, 1.82) is 0 Å². The van der Waals surface area contributed by atoms with Gasteiger partial charge in [-0.05, 0) is 30.4 Å². The normalized spacial score (nSPS) is 11.6. The lowest BCUT2D eigenvalue weighted by Crippen LogP contribution is -2.19. The Morgan fingerprint density at radius 2 is 1.94 bits per heavy atom. The topological polar surface area (TPSA) is 17.1 Å². The number of hydrogen-bond acceptors (Lipinski definition) is 1. The van der Waals surface area contributed by atoms with Crippen LogP contribution in [0.3, 0.4) is 0 Å². The fraction of sp³-hybridized carbons (Fsp3) is 0.462. The smallest absolute Gasteiger partial charge is 0.130 e. The van der Waals surface area contributed by atoms with Gasteiger partial charge in [0.15, 0.2) is 0 Å². The molecule has 0 aliphatic rings. The number of carbonyl (C=O) groups excluding carboxylic acids is 1. The predicted molar refractivity (Wildman–Crippen MR) is 59.1 cm³/mol. The van der Waals surface area contributed by atoms with E-state index < -0.39 is 11.6 Å². The van der Waals surface area contributed by atoms with E-state index in [0.29, 0.717) is 18.4 Å². The highest BCUT2D eigenvalue weighted by atomic mass is 19.1. The van der Waals surface area contributed by atoms with Crippen LogP contribution in [0.25, 0.3) is 0 Å². The van der Waals surface area contributed by atoms with Gasteiger partial charge in [0, 0.05) is 12.5 Å². The van der Waals surface area contributed by atoms with Gasteiger partial charge in [0.1, 0.15) is 17.4 Å². The molecule has 0 saturated heterocycles. The van der Waals surface area contributed by atoms with Crippen molar-refractivity contribution in [2.75, 3.05) is 0 Å². The largest absolute Gasteiger partial charge is 0.300 e. The van der Waals surface area contributed by atoms with Crippen LogP contribution in [0.4, 0.5) is 8.78 Å². The highest BCUT2D eigenvalue weighted by Gasteiger charge is 2.22. The summed E-state index contributed by atoms with van der Waals surface area (Å²) in [5.74, 6) is -1.05. The number of Topliss-reactive ketones (excluding diaryl/α,β-unsaturated/α-hetero) is 1. The van der Waals surface area contributed by atoms with Crippen LogP contribution in [0.1, 0.15) is 32.8 Å². The maximum absolute atomic E-state index is 13.4. The molecule has 3 heteroatoms. The first-order valence-corrected chi connectivity index (χ1v) is 5.23. The SMILES string of the molecule is CC(=O)CC(C)(C)Cc1ccc(F)cc1F. The third-order valence-corrected chi connectivity index (χ3v) is 2.41. The summed E-state index contributed by atoms with van der Waals surface area (Å²) in [7, 11) is 0. The molecule has 0 aliphatic heterocycles. The zero-order valence-electron chi connectivity index (χ0n) is 9.81. The number of halogens is 2. The number of rotatable bonds is 4. The molecule has 0 aliphatic carbocycles. The standard InChI is InChI=1S/C13H16F2O/c1-9(16)7-13(2,3)8-10-4-5-11(14)6-12(10)15/h4-6H,7-8H2,1-3H3. The van der Waals surface area contributed by atoms with E-state index >= 15 is 0 Å². The summed E-state index contributed by atoms with van der Waals surface area (Å²) in [4.78, 5) is 11.0. The zero-order chi connectivity index (χ0) is 12.3. The zero-order valence-corrected chi connectivity index (χ0v) is 9.81. The first-order chi connectivity index (χ1) is 7.30. The maximum atomic E-state index is 13.4. The molecule has 0 aromatic heterocycles. The van der Waals surface area contributed by atoms with Crippen LogP contribution >= 0.6 is 0 Å². The van der Waals surface area contributed by atoms with Crippen molar-refractivity contribution in [1.82, 2.24) is 0 Å². The van der Waals surface area contributed by atoms with Gasteiger partial charge in [0.05, 0.1) is 0 Å². The van der Waals surface area contributed by atoms with Crippen molar-refractivity contribution in [2.45, 2.75) is 33.6 Å². The minimum atomic E-state index is -0.578. The molecule has 0 bridgehead atoms. The summed E-state index contributed by atoms with van der Waals surface area (Å²) >= 11 is 0. The van der Waals surface area contributed by atoms with Gasteiger partial charge in [-0.25, -0.2) is 8.78 Å². The molecule has 0 atom stereocenters. The molecule has 0 amide bonds. The quantitative estimate of drug-likeness (QED) is 0.767. The third kappa shape index (κ3) is 3.72. The van der Waals surface area contributed by atoms with E-state index in [2.05, 4.69) is 0 Å². The fourth-order valence-corrected chi connectivity index (χ4v) is 1.92. The van der Waals surface area contributed by atoms with E-state index in [-0.39, 0.29) is 11.2 Å². The Bertz CT molecular complexity index is 397. The lowest BCUT2D eigenvalue weighted by molar-refractivity contribution is -0.118. The van der Waals surface area contributed by atoms with Crippen LogP contribution in [0.5, 0.6) is 0 Å². The highest BCUT2D eigenvalue weighted by Crippen LogP contribution is 2.27. The Hall–Kier alpha value is -1.25. The number of hydrogen-bond donors (Lipinski definition) is 0. The Morgan fingerprint density at radius 1 is 1.31 bits per heavy atom. The monoisotopic (exact) mass is 226 g/mol. The molecule has 0 spiro atoms. The van der Waals surface area contributed by atoms with E-state index in [1.165, 1.54) is 19.1 Å². The van der Waals surface area contributed by atoms with Crippen molar-refractivity contribution in [2.24, 2.45) is 5.41 Å². The third-order valence-electron chi connectivity index (χ3n) is 2.41. The van der Waals surface area contributed by atoms with Gasteiger partial charge in [-0.1, -0.05) is 19.9 Å². The molecule has 1 aromatic carbocycles. The van der Waals surface area contributed by atoms with Gasteiger partial charge in [-0.3, -0.25) is 0 Å². The van der Waals surface area contributed by atoms with Crippen LogP contribution < -0.4 is 0 Å². The average Bonchev–Trinajstić information content (AvgIpc) is 2.07. The van der Waals surface area contributed by atoms with Crippen molar-refractivity contribution in [3.63, 3.8) is 0 Å². The van der Waals surface area contributed by atoms with Crippen molar-refractivity contribution in [3.8, 4) is 0 Å². The van der Waals surface area contributed by atoms with E-state index in [4.69, 9.17) is 0 Å². The molecule has 1 nitrogen and oxygen atoms in total. The van der Waals surface area contributed by atoms with Gasteiger partial charge in [0.25, 0.3) is 0 Å². The molecule has 0 fully saturated rings. The Labute approximate surface area is 94.5 Å². The summed E-state index contributed by atoms with van der Waals surface area (Å²) < 4.78 is 26.1. The number of carbonyl (C=O) groups is 1. The first-order valence-electron chi connectivity index (χ1n) is 5.23. The summed E-state index contributed by atoms with van der Waals surface area (Å²) in [5.41, 5.74) is 0.150. The minimum Gasteiger partial charge on any atom is -0.300 e. The van der Waals surface area contributed by atoms with Gasteiger partial charge in [-0.2, -0.15) is 0 Å². The fourth-order valence-electron chi connectivity index (χ4n) is 1.92. The Balaban J connectivity index is 2.83. The highest BCUT2D eigenvalue weighted by molar-refractivity contribution is 5.76. The maximum Gasteiger partial charge on any atom is 0.130 e. The van der Waals surface area contributed by atoms with Crippen molar-refractivity contribution in [3.05, 3.63) is 35.4 Å². The van der Waals surface area contributed by atoms with E-state index in [1.807, 2.05) is 13.8 Å². The van der Waals surface area contributed by atoms with E-state index in [0.717, 1.165) is 6.07 Å². The second-order valence-electron chi connectivity index (χ2n) is 4.96.